The van der Waals surface area contributed by atoms with Gasteiger partial charge in [-0.2, -0.15) is 0 Å². The monoisotopic (exact) mass is 228 g/mol. The van der Waals surface area contributed by atoms with E-state index in [1.165, 1.54) is 0 Å². The van der Waals surface area contributed by atoms with Crippen molar-refractivity contribution < 1.29 is 4.74 Å². The zero-order chi connectivity index (χ0) is 11.3. The number of nitrogens with two attached hydrogens (primary N) is 1. The number of hydrogen-bond donors (Lipinski definition) is 1. The van der Waals surface area contributed by atoms with Crippen molar-refractivity contribution in [2.24, 2.45) is 5.73 Å². The largest absolute Gasteiger partial charge is 0.385 e. The summed E-state index contributed by atoms with van der Waals surface area (Å²) in [5.74, 6) is 0. The highest BCUT2D eigenvalue weighted by Crippen LogP contribution is 2.23. The van der Waals surface area contributed by atoms with Crippen LogP contribution in [0.15, 0.2) is 5.38 Å². The summed E-state index contributed by atoms with van der Waals surface area (Å²) < 4.78 is 5.01. The maximum atomic E-state index is 6.12. The summed E-state index contributed by atoms with van der Waals surface area (Å²) in [4.78, 5) is 4.56. The van der Waals surface area contributed by atoms with E-state index in [1.54, 1.807) is 18.4 Å². The molecule has 0 bridgehead atoms. The van der Waals surface area contributed by atoms with E-state index in [1.807, 2.05) is 6.92 Å². The van der Waals surface area contributed by atoms with E-state index in [9.17, 15) is 0 Å². The predicted octanol–water partition coefficient (Wildman–Crippen LogP) is 2.31. The first-order valence-electron chi connectivity index (χ1n) is 5.33. The Morgan fingerprint density at radius 1 is 1.60 bits per heavy atom. The number of thiazole rings is 1. The van der Waals surface area contributed by atoms with Crippen LogP contribution < -0.4 is 5.73 Å². The second-order valence-electron chi connectivity index (χ2n) is 3.99. The lowest BCUT2D eigenvalue weighted by Gasteiger charge is -2.19. The molecule has 1 unspecified atom stereocenters. The van der Waals surface area contributed by atoms with Gasteiger partial charge in [0.05, 0.1) is 16.2 Å². The Labute approximate surface area is 95.7 Å². The van der Waals surface area contributed by atoms with Crippen molar-refractivity contribution in [3.05, 3.63) is 16.1 Å². The van der Waals surface area contributed by atoms with Crippen molar-refractivity contribution in [2.45, 2.75) is 38.6 Å². The lowest BCUT2D eigenvalue weighted by atomic mass is 9.97. The van der Waals surface area contributed by atoms with Crippen molar-refractivity contribution in [3.8, 4) is 0 Å². The van der Waals surface area contributed by atoms with Crippen molar-refractivity contribution in [1.82, 2.24) is 4.98 Å². The molecule has 0 fully saturated rings. The zero-order valence-electron chi connectivity index (χ0n) is 9.75. The van der Waals surface area contributed by atoms with Crippen molar-refractivity contribution in [3.63, 3.8) is 0 Å². The molecule has 1 heterocycles. The third-order valence-corrected chi connectivity index (χ3v) is 3.52. The molecule has 3 nitrogen and oxygen atoms in total. The van der Waals surface area contributed by atoms with Crippen molar-refractivity contribution in [2.75, 3.05) is 13.7 Å². The molecule has 1 aromatic rings. The van der Waals surface area contributed by atoms with Crippen LogP contribution >= 0.6 is 11.3 Å². The van der Waals surface area contributed by atoms with Crippen molar-refractivity contribution in [1.29, 1.82) is 0 Å². The van der Waals surface area contributed by atoms with Crippen LogP contribution in [0, 0.1) is 0 Å². The Morgan fingerprint density at radius 2 is 2.33 bits per heavy atom. The van der Waals surface area contributed by atoms with Crippen LogP contribution in [-0.2, 0) is 16.7 Å². The number of aryl methyl sites for hydroxylation is 1. The van der Waals surface area contributed by atoms with Gasteiger partial charge in [0.1, 0.15) is 0 Å². The highest BCUT2D eigenvalue weighted by atomic mass is 32.1. The van der Waals surface area contributed by atoms with Gasteiger partial charge in [0.25, 0.3) is 0 Å². The van der Waals surface area contributed by atoms with Gasteiger partial charge in [-0.1, -0.05) is 6.92 Å². The first kappa shape index (κ1) is 12.6. The smallest absolute Gasteiger partial charge is 0.0929 e. The molecule has 0 aliphatic heterocycles. The van der Waals surface area contributed by atoms with Crippen LogP contribution in [0.4, 0.5) is 0 Å². The Balaban J connectivity index is 2.56. The van der Waals surface area contributed by atoms with Gasteiger partial charge in [0.15, 0.2) is 0 Å². The minimum atomic E-state index is -0.282. The second-order valence-corrected chi connectivity index (χ2v) is 4.94. The predicted molar refractivity (Wildman–Crippen MR) is 64.1 cm³/mol. The van der Waals surface area contributed by atoms with E-state index in [-0.39, 0.29) is 5.54 Å². The molecule has 0 aliphatic carbocycles. The van der Waals surface area contributed by atoms with Gasteiger partial charge in [-0.15, -0.1) is 11.3 Å². The first-order chi connectivity index (χ1) is 7.10. The van der Waals surface area contributed by atoms with Crippen molar-refractivity contribution >= 4 is 11.3 Å². The van der Waals surface area contributed by atoms with Crippen LogP contribution in [0.3, 0.4) is 0 Å². The average Bonchev–Trinajstić information content (AvgIpc) is 2.68. The van der Waals surface area contributed by atoms with Gasteiger partial charge in [0, 0.05) is 25.5 Å². The summed E-state index contributed by atoms with van der Waals surface area (Å²) >= 11 is 1.70. The molecule has 0 spiro atoms. The molecule has 86 valence electrons. The van der Waals surface area contributed by atoms with Crippen LogP contribution in [0.5, 0.6) is 0 Å². The molecule has 0 saturated heterocycles. The lowest BCUT2D eigenvalue weighted by Crippen LogP contribution is -2.32. The quantitative estimate of drug-likeness (QED) is 0.760. The van der Waals surface area contributed by atoms with E-state index in [4.69, 9.17) is 10.5 Å². The highest BCUT2D eigenvalue weighted by molar-refractivity contribution is 7.09. The minimum Gasteiger partial charge on any atom is -0.385 e. The number of aromatic nitrogens is 1. The standard InChI is InChI=1S/C11H20N2OS/c1-4-11(2,12)9-8-15-10(13-9)6-5-7-14-3/h8H,4-7,12H2,1-3H3. The molecule has 0 radical (unpaired) electrons. The van der Waals surface area contributed by atoms with Gasteiger partial charge < -0.3 is 10.5 Å². The molecular weight excluding hydrogens is 208 g/mol. The topological polar surface area (TPSA) is 48.1 Å². The van der Waals surface area contributed by atoms with Crippen LogP contribution in [-0.4, -0.2) is 18.7 Å². The number of methoxy groups -OCH3 is 1. The molecule has 1 rings (SSSR count). The maximum absolute atomic E-state index is 6.12. The Hall–Kier alpha value is -0.450. The van der Waals surface area contributed by atoms with Gasteiger partial charge in [-0.05, 0) is 19.8 Å². The minimum absolute atomic E-state index is 0.282. The summed E-state index contributed by atoms with van der Waals surface area (Å²) in [5, 5.41) is 3.23. The number of nitrogens with zero attached hydrogens (tertiary/aromatic N) is 1. The molecule has 0 aromatic carbocycles. The summed E-state index contributed by atoms with van der Waals surface area (Å²) in [6.45, 7) is 4.91. The number of ether oxygens (including phenoxy) is 1. The van der Waals surface area contributed by atoms with Gasteiger partial charge in [0.2, 0.25) is 0 Å². The molecule has 15 heavy (non-hydrogen) atoms. The molecule has 0 aliphatic rings. The van der Waals surface area contributed by atoms with E-state index in [0.717, 1.165) is 36.6 Å². The summed E-state index contributed by atoms with van der Waals surface area (Å²) in [6.07, 6.45) is 2.92. The SMILES string of the molecule is CCC(C)(N)c1csc(CCCOC)n1. The number of rotatable bonds is 6. The molecule has 1 atom stereocenters. The van der Waals surface area contributed by atoms with Crippen LogP contribution in [0.2, 0.25) is 0 Å². The highest BCUT2D eigenvalue weighted by Gasteiger charge is 2.21. The van der Waals surface area contributed by atoms with Gasteiger partial charge in [-0.3, -0.25) is 0 Å². The van der Waals surface area contributed by atoms with E-state index < -0.39 is 0 Å². The molecule has 0 amide bonds. The fraction of sp³-hybridized carbons (Fsp3) is 0.727. The van der Waals surface area contributed by atoms with E-state index in [0.29, 0.717) is 0 Å². The van der Waals surface area contributed by atoms with Gasteiger partial charge in [-0.25, -0.2) is 4.98 Å². The molecular formula is C11H20N2OS. The molecule has 0 saturated carbocycles. The van der Waals surface area contributed by atoms with Gasteiger partial charge >= 0.3 is 0 Å². The summed E-state index contributed by atoms with van der Waals surface area (Å²) in [6, 6.07) is 0. The number of hydrogen-bond acceptors (Lipinski definition) is 4. The third kappa shape index (κ3) is 3.55. The molecule has 4 heteroatoms. The van der Waals surface area contributed by atoms with E-state index in [2.05, 4.69) is 17.3 Å². The zero-order valence-corrected chi connectivity index (χ0v) is 10.6. The Kier molecular flexibility index (Phi) is 4.70. The molecule has 1 aromatic heterocycles. The third-order valence-electron chi connectivity index (χ3n) is 2.61. The van der Waals surface area contributed by atoms with E-state index >= 15 is 0 Å². The first-order valence-corrected chi connectivity index (χ1v) is 6.21. The van der Waals surface area contributed by atoms with Crippen LogP contribution in [0.1, 0.15) is 37.4 Å². The Bertz CT molecular complexity index is 297. The molecule has 2 N–H and O–H groups in total. The fourth-order valence-corrected chi connectivity index (χ4v) is 2.22. The normalized spacial score (nSPS) is 15.2. The second kappa shape index (κ2) is 5.58. The summed E-state index contributed by atoms with van der Waals surface area (Å²) in [7, 11) is 1.72. The maximum Gasteiger partial charge on any atom is 0.0929 e. The fourth-order valence-electron chi connectivity index (χ4n) is 1.24. The Morgan fingerprint density at radius 3 is 2.93 bits per heavy atom. The summed E-state index contributed by atoms with van der Waals surface area (Å²) in [5.41, 5.74) is 6.86. The average molecular weight is 228 g/mol. The lowest BCUT2D eigenvalue weighted by molar-refractivity contribution is 0.195. The van der Waals surface area contributed by atoms with Crippen LogP contribution in [0.25, 0.3) is 0 Å².